The molecule has 0 unspecified atom stereocenters. The molecule has 0 saturated carbocycles. The average Bonchev–Trinajstić information content (AvgIpc) is 3.24. The standard InChI is InChI=1S/C18H30.C14H22.2C12H18.C9H7F5/c1-11(2)15-9-16(12(3)4)18(14(7)8)17(10-15)13(5)6;1-9(2)13-7-11(5)14(10(3)4)12(6)8-13;1-8(2)12-10(4)6-9(3)7-11(12)5;1-9(2)11-5-7-12(8-6-11)10(3)4;1-3(2)4-5(10)7(12)9(14)8(13)6(4)11/h9-14H,1-8H3;7-10H,1-6H3;6-8H,1-5H3;5-10H,1-4H3;3H,1-2H3. The Morgan fingerprint density at radius 3 is 0.729 bits per heavy atom. The fourth-order valence-electron chi connectivity index (χ4n) is 9.43. The van der Waals surface area contributed by atoms with Gasteiger partial charge in [-0.05, 0) is 166 Å². The molecule has 0 N–H and O–H groups in total. The fourth-order valence-corrected chi connectivity index (χ4v) is 9.43. The number of halogens is 5. The first-order valence-corrected chi connectivity index (χ1v) is 26.2. The maximum atomic E-state index is 12.9. The van der Waals surface area contributed by atoms with Crippen molar-refractivity contribution in [3.8, 4) is 0 Å². The van der Waals surface area contributed by atoms with Gasteiger partial charge in [0.15, 0.2) is 23.3 Å². The van der Waals surface area contributed by atoms with Gasteiger partial charge in [-0.15, -0.1) is 0 Å². The summed E-state index contributed by atoms with van der Waals surface area (Å²) in [5.74, 6) is -4.54. The molecule has 0 heterocycles. The Hall–Kier alpha value is -4.25. The van der Waals surface area contributed by atoms with E-state index < -0.39 is 40.6 Å². The van der Waals surface area contributed by atoms with E-state index in [0.29, 0.717) is 53.3 Å². The minimum atomic E-state index is -2.12. The minimum absolute atomic E-state index is 0.610. The van der Waals surface area contributed by atoms with E-state index in [1.165, 1.54) is 75.0 Å². The second kappa shape index (κ2) is 28.7. The monoisotopic (exact) mass is 971 g/mol. The van der Waals surface area contributed by atoms with Gasteiger partial charge in [-0.1, -0.05) is 205 Å². The highest BCUT2D eigenvalue weighted by molar-refractivity contribution is 5.45. The van der Waals surface area contributed by atoms with E-state index in [1.54, 1.807) is 16.7 Å². The molecule has 0 bridgehead atoms. The van der Waals surface area contributed by atoms with Gasteiger partial charge >= 0.3 is 0 Å². The van der Waals surface area contributed by atoms with Gasteiger partial charge in [0.25, 0.3) is 0 Å². The highest BCUT2D eigenvalue weighted by atomic mass is 19.2. The number of aryl methyl sites for hydroxylation is 5. The lowest BCUT2D eigenvalue weighted by atomic mass is 9.80. The van der Waals surface area contributed by atoms with Crippen LogP contribution < -0.4 is 0 Å². The smallest absolute Gasteiger partial charge is 0.200 e. The van der Waals surface area contributed by atoms with Gasteiger partial charge in [0.2, 0.25) is 5.82 Å². The van der Waals surface area contributed by atoms with E-state index in [2.05, 4.69) is 220 Å². The zero-order chi connectivity index (χ0) is 54.4. The average molecular weight is 971 g/mol. The molecule has 390 valence electrons. The maximum absolute atomic E-state index is 12.9. The molecule has 0 radical (unpaired) electrons. The summed E-state index contributed by atoms with van der Waals surface area (Å²) < 4.78 is 63.6. The zero-order valence-corrected chi connectivity index (χ0v) is 48.4. The second-order valence-electron chi connectivity index (χ2n) is 22.7. The predicted molar refractivity (Wildman–Crippen MR) is 297 cm³/mol. The van der Waals surface area contributed by atoms with Crippen molar-refractivity contribution in [1.29, 1.82) is 0 Å². The lowest BCUT2D eigenvalue weighted by Gasteiger charge is -2.25. The van der Waals surface area contributed by atoms with Crippen LogP contribution in [0.5, 0.6) is 0 Å². The molecule has 0 atom stereocenters. The number of hydrogen-bond donors (Lipinski definition) is 0. The van der Waals surface area contributed by atoms with Gasteiger partial charge in [-0.25, -0.2) is 22.0 Å². The summed E-state index contributed by atoms with van der Waals surface area (Å²) in [6.07, 6.45) is 0. The first-order valence-electron chi connectivity index (χ1n) is 26.2. The molecule has 0 nitrogen and oxygen atoms in total. The second-order valence-corrected chi connectivity index (χ2v) is 22.7. The lowest BCUT2D eigenvalue weighted by molar-refractivity contribution is 0.366. The third-order valence-corrected chi connectivity index (χ3v) is 13.0. The molecule has 0 aliphatic rings. The first kappa shape index (κ1) is 63.8. The summed E-state index contributed by atoms with van der Waals surface area (Å²) >= 11 is 0. The fraction of sp³-hybridized carbons (Fsp3) is 0.538. The number of benzene rings is 5. The summed E-state index contributed by atoms with van der Waals surface area (Å²) in [6, 6.07) is 23.0. The molecule has 5 aromatic carbocycles. The van der Waals surface area contributed by atoms with Crippen LogP contribution in [0.4, 0.5) is 22.0 Å². The Labute approximate surface area is 425 Å². The Morgan fingerprint density at radius 1 is 0.243 bits per heavy atom. The van der Waals surface area contributed by atoms with Crippen LogP contribution in [0, 0.1) is 63.7 Å². The van der Waals surface area contributed by atoms with E-state index in [4.69, 9.17) is 0 Å². The van der Waals surface area contributed by atoms with Crippen LogP contribution in [0.3, 0.4) is 0 Å². The van der Waals surface area contributed by atoms with Crippen LogP contribution in [0.25, 0.3) is 0 Å². The topological polar surface area (TPSA) is 0 Å². The van der Waals surface area contributed by atoms with Gasteiger partial charge in [0.05, 0.1) is 0 Å². The van der Waals surface area contributed by atoms with Crippen molar-refractivity contribution in [2.75, 3.05) is 0 Å². The molecule has 0 fully saturated rings. The Kier molecular flexibility index (Phi) is 26.1. The summed E-state index contributed by atoms with van der Waals surface area (Å²) in [7, 11) is 0. The predicted octanol–water partition coefficient (Wildman–Crippen LogP) is 21.9. The maximum Gasteiger partial charge on any atom is 0.200 e. The van der Waals surface area contributed by atoms with Gasteiger partial charge in [0, 0.05) is 5.56 Å². The minimum Gasteiger partial charge on any atom is -0.203 e. The molecular weight excluding hydrogens is 876 g/mol. The van der Waals surface area contributed by atoms with Crippen LogP contribution in [-0.2, 0) is 0 Å². The van der Waals surface area contributed by atoms with Crippen LogP contribution >= 0.6 is 0 Å². The summed E-state index contributed by atoms with van der Waals surface area (Å²) in [5, 5.41) is 0. The zero-order valence-electron chi connectivity index (χ0n) is 48.4. The largest absolute Gasteiger partial charge is 0.203 e. The van der Waals surface area contributed by atoms with E-state index in [1.807, 2.05) is 0 Å². The third-order valence-electron chi connectivity index (χ3n) is 13.0. The van der Waals surface area contributed by atoms with Gasteiger partial charge in [0.1, 0.15) is 0 Å². The van der Waals surface area contributed by atoms with Crippen molar-refractivity contribution in [3.05, 3.63) is 173 Å². The van der Waals surface area contributed by atoms with Crippen molar-refractivity contribution >= 4 is 0 Å². The first-order chi connectivity index (χ1) is 32.2. The normalized spacial score (nSPS) is 11.4. The molecule has 5 heteroatoms. The molecule has 0 spiro atoms. The van der Waals surface area contributed by atoms with Crippen molar-refractivity contribution in [2.24, 2.45) is 0 Å². The summed E-state index contributed by atoms with van der Waals surface area (Å²) in [4.78, 5) is 0. The highest BCUT2D eigenvalue weighted by Crippen LogP contribution is 2.36. The Balaban J connectivity index is 0.000000441. The summed E-state index contributed by atoms with van der Waals surface area (Å²) in [5.41, 5.74) is 19.9. The van der Waals surface area contributed by atoms with E-state index in [9.17, 15) is 22.0 Å². The third kappa shape index (κ3) is 18.1. The molecule has 5 rings (SSSR count). The van der Waals surface area contributed by atoms with Gasteiger partial charge in [-0.2, -0.15) is 0 Å². The van der Waals surface area contributed by atoms with Crippen molar-refractivity contribution in [2.45, 2.75) is 232 Å². The van der Waals surface area contributed by atoms with Crippen LogP contribution in [0.15, 0.2) is 60.7 Å². The van der Waals surface area contributed by atoms with Crippen LogP contribution in [0.1, 0.15) is 281 Å². The van der Waals surface area contributed by atoms with Crippen molar-refractivity contribution < 1.29 is 22.0 Å². The van der Waals surface area contributed by atoms with E-state index in [-0.39, 0.29) is 0 Å². The molecule has 70 heavy (non-hydrogen) atoms. The van der Waals surface area contributed by atoms with Crippen molar-refractivity contribution in [1.82, 2.24) is 0 Å². The van der Waals surface area contributed by atoms with Crippen LogP contribution in [0.2, 0.25) is 0 Å². The SMILES string of the molecule is CC(C)c1c(F)c(F)c(F)c(F)c1F.CC(C)c1cc(C(C)C)c(C(C)C)c(C(C)C)c1.CC(C)c1ccc(C(C)C)cc1.Cc1cc(C(C)C)cc(C)c1C(C)C.Cc1cc(C)c(C(C)C)c(C)c1. The molecule has 0 amide bonds. The number of rotatable bonds is 10. The molecule has 0 aliphatic heterocycles. The molecule has 0 aromatic heterocycles. The van der Waals surface area contributed by atoms with Gasteiger partial charge < -0.3 is 0 Å². The van der Waals surface area contributed by atoms with E-state index >= 15 is 0 Å². The molecule has 0 aliphatic carbocycles. The Morgan fingerprint density at radius 2 is 0.486 bits per heavy atom. The van der Waals surface area contributed by atoms with Crippen molar-refractivity contribution in [3.63, 3.8) is 0 Å². The quantitative estimate of drug-likeness (QED) is 0.0743. The molecular formula is C65H95F5. The Bertz CT molecular complexity index is 2260. The number of hydrogen-bond acceptors (Lipinski definition) is 0. The molecule has 5 aromatic rings. The lowest BCUT2D eigenvalue weighted by Crippen LogP contribution is -2.08. The van der Waals surface area contributed by atoms with Crippen LogP contribution in [-0.4, -0.2) is 0 Å². The van der Waals surface area contributed by atoms with Gasteiger partial charge in [-0.3, -0.25) is 0 Å². The summed E-state index contributed by atoms with van der Waals surface area (Å²) in [6.45, 7) is 54.7. The molecule has 0 saturated heterocycles. The van der Waals surface area contributed by atoms with E-state index in [0.717, 1.165) is 0 Å². The highest BCUT2D eigenvalue weighted by Gasteiger charge is 2.27.